The van der Waals surface area contributed by atoms with E-state index in [4.69, 9.17) is 10.9 Å². The Bertz CT molecular complexity index is 474. The predicted molar refractivity (Wildman–Crippen MR) is 48.1 cm³/mol. The van der Waals surface area contributed by atoms with Crippen LogP contribution in [0.5, 0.6) is 0 Å². The predicted octanol–water partition coefficient (Wildman–Crippen LogP) is -1.90. The SMILES string of the molecule is Nn1cnnc1.O=C(O)n1nnnc1[N+](=O)[O-]. The molecular formula is C4H5N9O4. The van der Waals surface area contributed by atoms with Crippen molar-refractivity contribution < 1.29 is 14.8 Å². The number of nitrogens with zero attached hydrogens (tertiary/aromatic N) is 8. The molecule has 0 atom stereocenters. The molecule has 0 aliphatic rings. The van der Waals surface area contributed by atoms with E-state index in [0.29, 0.717) is 0 Å². The summed E-state index contributed by atoms with van der Waals surface area (Å²) in [6.45, 7) is 0. The average Bonchev–Trinajstić information content (AvgIpc) is 2.87. The Morgan fingerprint density at radius 1 is 1.47 bits per heavy atom. The molecule has 2 aromatic heterocycles. The van der Waals surface area contributed by atoms with Crippen molar-refractivity contribution in [2.75, 3.05) is 5.84 Å². The minimum atomic E-state index is -1.60. The van der Waals surface area contributed by atoms with Gasteiger partial charge in [-0.15, -0.1) is 10.2 Å². The molecule has 2 aromatic rings. The van der Waals surface area contributed by atoms with Crippen LogP contribution in [-0.4, -0.2) is 51.2 Å². The molecule has 0 unspecified atom stereocenters. The van der Waals surface area contributed by atoms with Gasteiger partial charge in [-0.05, 0) is 9.61 Å². The van der Waals surface area contributed by atoms with Gasteiger partial charge in [-0.2, -0.15) is 0 Å². The highest BCUT2D eigenvalue weighted by Gasteiger charge is 2.23. The van der Waals surface area contributed by atoms with Gasteiger partial charge in [0.05, 0.1) is 10.3 Å². The minimum absolute atomic E-state index is 0.0694. The van der Waals surface area contributed by atoms with Crippen molar-refractivity contribution in [2.45, 2.75) is 0 Å². The number of carboxylic acid groups (broad SMARTS) is 1. The fraction of sp³-hybridized carbons (Fsp3) is 0. The zero-order chi connectivity index (χ0) is 12.8. The Hall–Kier alpha value is -3.12. The zero-order valence-corrected chi connectivity index (χ0v) is 7.98. The molecule has 13 nitrogen and oxygen atoms in total. The van der Waals surface area contributed by atoms with Gasteiger partial charge in [-0.25, -0.2) is 9.47 Å². The molecule has 0 fully saturated rings. The van der Waals surface area contributed by atoms with Gasteiger partial charge in [0.1, 0.15) is 12.7 Å². The van der Waals surface area contributed by atoms with Crippen LogP contribution in [0.2, 0.25) is 0 Å². The number of hydrogen-bond acceptors (Lipinski definition) is 9. The van der Waals surface area contributed by atoms with Crippen molar-refractivity contribution in [3.05, 3.63) is 22.8 Å². The molecule has 0 aliphatic carbocycles. The summed E-state index contributed by atoms with van der Waals surface area (Å²) in [5, 5.41) is 33.5. The first kappa shape index (κ1) is 12.0. The number of rotatable bonds is 1. The van der Waals surface area contributed by atoms with Crippen LogP contribution in [-0.2, 0) is 0 Å². The summed E-state index contributed by atoms with van der Waals surface area (Å²) < 4.78 is 1.35. The second-order valence-electron chi connectivity index (χ2n) is 2.34. The molecule has 0 amide bonds. The Labute approximate surface area is 91.6 Å². The van der Waals surface area contributed by atoms with Crippen LogP contribution in [0.15, 0.2) is 12.7 Å². The van der Waals surface area contributed by atoms with Crippen molar-refractivity contribution >= 4 is 12.0 Å². The van der Waals surface area contributed by atoms with E-state index in [1.165, 1.54) is 17.3 Å². The van der Waals surface area contributed by atoms with Crippen molar-refractivity contribution in [3.8, 4) is 0 Å². The Balaban J connectivity index is 0.000000202. The van der Waals surface area contributed by atoms with Gasteiger partial charge in [0.2, 0.25) is 0 Å². The number of nitrogen functional groups attached to an aromatic ring is 1. The minimum Gasteiger partial charge on any atom is -0.451 e. The van der Waals surface area contributed by atoms with Crippen LogP contribution in [0, 0.1) is 10.1 Å². The van der Waals surface area contributed by atoms with Gasteiger partial charge in [-0.1, -0.05) is 0 Å². The maximum atomic E-state index is 10.1. The number of nitrogens with two attached hydrogens (primary N) is 1. The van der Waals surface area contributed by atoms with Crippen LogP contribution in [0.25, 0.3) is 0 Å². The van der Waals surface area contributed by atoms with Crippen molar-refractivity contribution in [1.82, 2.24) is 35.1 Å². The number of hydrogen-bond donors (Lipinski definition) is 2. The summed E-state index contributed by atoms with van der Waals surface area (Å²) >= 11 is 0. The smallest absolute Gasteiger partial charge is 0.451 e. The molecule has 3 N–H and O–H groups in total. The Kier molecular flexibility index (Phi) is 3.59. The number of aromatic nitrogens is 7. The van der Waals surface area contributed by atoms with E-state index in [9.17, 15) is 14.9 Å². The molecule has 0 aliphatic heterocycles. The molecule has 2 heterocycles. The first-order valence-corrected chi connectivity index (χ1v) is 3.78. The molecule has 90 valence electrons. The summed E-state index contributed by atoms with van der Waals surface area (Å²) in [6, 6.07) is 0. The topological polar surface area (TPSA) is 181 Å². The first-order valence-electron chi connectivity index (χ1n) is 3.78. The number of tetrazole rings is 1. The average molecular weight is 243 g/mol. The molecule has 0 saturated carbocycles. The molecule has 2 rings (SSSR count). The summed E-state index contributed by atoms with van der Waals surface area (Å²) in [4.78, 5) is 19.1. The fourth-order valence-electron chi connectivity index (χ4n) is 0.629. The van der Waals surface area contributed by atoms with Crippen molar-refractivity contribution in [1.29, 1.82) is 0 Å². The van der Waals surface area contributed by atoms with Gasteiger partial charge < -0.3 is 21.1 Å². The summed E-state index contributed by atoms with van der Waals surface area (Å²) in [5.74, 6) is 4.15. The third kappa shape index (κ3) is 3.18. The molecule has 0 spiro atoms. The Morgan fingerprint density at radius 2 is 2.06 bits per heavy atom. The van der Waals surface area contributed by atoms with Gasteiger partial charge in [0.15, 0.2) is 0 Å². The third-order valence-corrected chi connectivity index (χ3v) is 1.23. The van der Waals surface area contributed by atoms with E-state index in [-0.39, 0.29) is 4.68 Å². The highest BCUT2D eigenvalue weighted by molar-refractivity contribution is 5.68. The molecule has 13 heteroatoms. The lowest BCUT2D eigenvalue weighted by atomic mass is 11.0. The van der Waals surface area contributed by atoms with E-state index in [0.717, 1.165) is 0 Å². The van der Waals surface area contributed by atoms with E-state index in [1.807, 2.05) is 0 Å². The second-order valence-corrected chi connectivity index (χ2v) is 2.34. The zero-order valence-electron chi connectivity index (χ0n) is 7.98. The van der Waals surface area contributed by atoms with E-state index < -0.39 is 17.0 Å². The first-order chi connectivity index (χ1) is 8.02. The third-order valence-electron chi connectivity index (χ3n) is 1.23. The lowest BCUT2D eigenvalue weighted by molar-refractivity contribution is -0.396. The summed E-state index contributed by atoms with van der Waals surface area (Å²) in [7, 11) is 0. The standard InChI is InChI=1S/C2HN5O4.C2H4N4/c8-2(9)6-1(7(10)11)3-4-5-6;3-6-1-4-5-2-6/h(H,8,9);1-2H,3H2. The maximum Gasteiger partial charge on any atom is 0.502 e. The lowest BCUT2D eigenvalue weighted by Crippen LogP contribution is -2.12. The van der Waals surface area contributed by atoms with Crippen LogP contribution < -0.4 is 5.84 Å². The van der Waals surface area contributed by atoms with E-state index in [1.54, 1.807) is 0 Å². The monoisotopic (exact) mass is 243 g/mol. The molecular weight excluding hydrogens is 238 g/mol. The molecule has 0 aromatic carbocycles. The van der Waals surface area contributed by atoms with Gasteiger partial charge in [0, 0.05) is 5.21 Å². The quantitative estimate of drug-likeness (QED) is 0.248. The van der Waals surface area contributed by atoms with Crippen LogP contribution in [0.4, 0.5) is 10.7 Å². The number of nitro groups is 1. The van der Waals surface area contributed by atoms with Gasteiger partial charge in [-0.3, -0.25) is 0 Å². The largest absolute Gasteiger partial charge is 0.502 e. The van der Waals surface area contributed by atoms with Crippen molar-refractivity contribution in [2.24, 2.45) is 0 Å². The van der Waals surface area contributed by atoms with Crippen molar-refractivity contribution in [3.63, 3.8) is 0 Å². The van der Waals surface area contributed by atoms with Crippen LogP contribution >= 0.6 is 0 Å². The molecule has 17 heavy (non-hydrogen) atoms. The highest BCUT2D eigenvalue weighted by Crippen LogP contribution is 2.00. The molecule has 0 saturated heterocycles. The second kappa shape index (κ2) is 5.10. The van der Waals surface area contributed by atoms with Gasteiger partial charge >= 0.3 is 12.0 Å². The lowest BCUT2D eigenvalue weighted by Gasteiger charge is -1.88. The fourth-order valence-corrected chi connectivity index (χ4v) is 0.629. The highest BCUT2D eigenvalue weighted by atomic mass is 16.6. The Morgan fingerprint density at radius 3 is 2.35 bits per heavy atom. The van der Waals surface area contributed by atoms with Gasteiger partial charge in [0.25, 0.3) is 0 Å². The summed E-state index contributed by atoms with van der Waals surface area (Å²) in [6.07, 6.45) is 1.24. The molecule has 0 radical (unpaired) electrons. The van der Waals surface area contributed by atoms with E-state index in [2.05, 4.69) is 25.7 Å². The van der Waals surface area contributed by atoms with E-state index >= 15 is 0 Å². The van der Waals surface area contributed by atoms with Crippen LogP contribution in [0.1, 0.15) is 0 Å². The molecule has 0 bridgehead atoms. The maximum absolute atomic E-state index is 10.1. The van der Waals surface area contributed by atoms with Crippen LogP contribution in [0.3, 0.4) is 0 Å². The summed E-state index contributed by atoms with van der Waals surface area (Å²) in [5.41, 5.74) is 0. The normalized spacial score (nSPS) is 9.18. The number of carbonyl (C=O) groups is 1.